The highest BCUT2D eigenvalue weighted by molar-refractivity contribution is 6.07. The first-order chi connectivity index (χ1) is 9.90. The first-order valence-electron chi connectivity index (χ1n) is 6.23. The van der Waals surface area contributed by atoms with Gasteiger partial charge in [-0.1, -0.05) is 0 Å². The van der Waals surface area contributed by atoms with Crippen molar-refractivity contribution in [3.8, 4) is 0 Å². The second-order valence-electron chi connectivity index (χ2n) is 4.63. The molecule has 0 aliphatic carbocycles. The molecule has 0 atom stereocenters. The lowest BCUT2D eigenvalue weighted by Gasteiger charge is -2.19. The van der Waals surface area contributed by atoms with Gasteiger partial charge in [0.2, 0.25) is 0 Å². The Morgan fingerprint density at radius 2 is 1.90 bits per heavy atom. The molecule has 21 heavy (non-hydrogen) atoms. The minimum atomic E-state index is -1.06. The van der Waals surface area contributed by atoms with Crippen molar-refractivity contribution in [1.29, 1.82) is 0 Å². The summed E-state index contributed by atoms with van der Waals surface area (Å²) >= 11 is 0. The molecule has 0 radical (unpaired) electrons. The number of aryl methyl sites for hydroxylation is 1. The van der Waals surface area contributed by atoms with Crippen LogP contribution in [0.1, 0.15) is 26.4 Å². The predicted molar refractivity (Wildman–Crippen MR) is 79.5 cm³/mol. The smallest absolute Gasteiger partial charge is 0.335 e. The number of carbonyl (C=O) groups excluding carboxylic acids is 1. The third-order valence-electron chi connectivity index (χ3n) is 3.08. The molecule has 0 bridgehead atoms. The molecule has 1 amide bonds. The number of aromatic carboxylic acids is 1. The van der Waals surface area contributed by atoms with Gasteiger partial charge >= 0.3 is 5.97 Å². The second-order valence-corrected chi connectivity index (χ2v) is 4.63. The third kappa shape index (κ3) is 3.00. The number of pyridine rings is 1. The molecule has 0 unspecified atom stereocenters. The van der Waals surface area contributed by atoms with Crippen molar-refractivity contribution in [2.45, 2.75) is 6.92 Å². The Balaban J connectivity index is 2.33. The maximum Gasteiger partial charge on any atom is 0.335 e. The van der Waals surface area contributed by atoms with E-state index in [4.69, 9.17) is 10.8 Å². The van der Waals surface area contributed by atoms with Gasteiger partial charge in [0.15, 0.2) is 0 Å². The lowest BCUT2D eigenvalue weighted by Crippen LogP contribution is -2.27. The van der Waals surface area contributed by atoms with Crippen molar-refractivity contribution in [2.75, 3.05) is 17.7 Å². The number of carboxylic acids is 1. The number of carboxylic acid groups (broad SMARTS) is 1. The topological polar surface area (TPSA) is 96.5 Å². The summed E-state index contributed by atoms with van der Waals surface area (Å²) in [6, 6.07) is 7.56. The van der Waals surface area contributed by atoms with Crippen LogP contribution in [0.2, 0.25) is 0 Å². The van der Waals surface area contributed by atoms with Crippen LogP contribution < -0.4 is 10.6 Å². The molecule has 6 nitrogen and oxygen atoms in total. The van der Waals surface area contributed by atoms with Gasteiger partial charge in [-0.15, -0.1) is 0 Å². The molecule has 0 aliphatic rings. The van der Waals surface area contributed by atoms with Crippen LogP contribution in [0.15, 0.2) is 36.5 Å². The highest BCUT2D eigenvalue weighted by Gasteiger charge is 2.17. The van der Waals surface area contributed by atoms with Crippen molar-refractivity contribution < 1.29 is 14.7 Å². The molecule has 1 aromatic heterocycles. The first-order valence-corrected chi connectivity index (χ1v) is 6.23. The Bertz CT molecular complexity index is 713. The summed E-state index contributed by atoms with van der Waals surface area (Å²) in [6.07, 6.45) is 1.56. The van der Waals surface area contributed by atoms with Crippen LogP contribution in [-0.4, -0.2) is 29.0 Å². The number of nitrogens with two attached hydrogens (primary N) is 1. The van der Waals surface area contributed by atoms with E-state index in [0.717, 1.165) is 5.69 Å². The SMILES string of the molecule is Cc1cc(C(=O)N(C)c2ccc(C(=O)O)cc2N)ccn1. The second kappa shape index (κ2) is 5.62. The van der Waals surface area contributed by atoms with E-state index in [9.17, 15) is 9.59 Å². The van der Waals surface area contributed by atoms with Gasteiger partial charge in [-0.3, -0.25) is 9.78 Å². The van der Waals surface area contributed by atoms with E-state index in [-0.39, 0.29) is 17.2 Å². The number of benzene rings is 1. The number of nitrogen functional groups attached to an aromatic ring is 1. The van der Waals surface area contributed by atoms with Gasteiger partial charge in [-0.25, -0.2) is 4.79 Å². The summed E-state index contributed by atoms with van der Waals surface area (Å²) in [5.41, 5.74) is 7.84. The zero-order valence-corrected chi connectivity index (χ0v) is 11.7. The number of nitrogens with zero attached hydrogens (tertiary/aromatic N) is 2. The van der Waals surface area contributed by atoms with Crippen LogP contribution in [0.4, 0.5) is 11.4 Å². The van der Waals surface area contributed by atoms with Crippen LogP contribution in [0, 0.1) is 6.92 Å². The van der Waals surface area contributed by atoms with Gasteiger partial charge in [-0.2, -0.15) is 0 Å². The Morgan fingerprint density at radius 3 is 2.48 bits per heavy atom. The molecule has 0 fully saturated rings. The highest BCUT2D eigenvalue weighted by atomic mass is 16.4. The van der Waals surface area contributed by atoms with Crippen LogP contribution >= 0.6 is 0 Å². The molecule has 0 saturated carbocycles. The summed E-state index contributed by atoms with van der Waals surface area (Å²) in [4.78, 5) is 28.7. The quantitative estimate of drug-likeness (QED) is 0.840. The molecule has 108 valence electrons. The monoisotopic (exact) mass is 285 g/mol. The van der Waals surface area contributed by atoms with E-state index in [1.165, 1.54) is 23.1 Å². The molecule has 3 N–H and O–H groups in total. The lowest BCUT2D eigenvalue weighted by molar-refractivity contribution is 0.0697. The van der Waals surface area contributed by atoms with E-state index in [1.54, 1.807) is 32.3 Å². The van der Waals surface area contributed by atoms with Crippen molar-refractivity contribution in [2.24, 2.45) is 0 Å². The summed E-state index contributed by atoms with van der Waals surface area (Å²) in [5, 5.41) is 8.91. The number of rotatable bonds is 3. The molecule has 2 aromatic rings. The first kappa shape index (κ1) is 14.5. The average molecular weight is 285 g/mol. The van der Waals surface area contributed by atoms with E-state index < -0.39 is 5.97 Å². The van der Waals surface area contributed by atoms with Gasteiger partial charge in [-0.05, 0) is 37.3 Å². The van der Waals surface area contributed by atoms with E-state index in [2.05, 4.69) is 4.98 Å². The van der Waals surface area contributed by atoms with Gasteiger partial charge in [0.25, 0.3) is 5.91 Å². The van der Waals surface area contributed by atoms with Gasteiger partial charge in [0.05, 0.1) is 16.9 Å². The van der Waals surface area contributed by atoms with Crippen LogP contribution in [0.25, 0.3) is 0 Å². The van der Waals surface area contributed by atoms with Crippen molar-refractivity contribution >= 4 is 23.3 Å². The molecule has 6 heteroatoms. The summed E-state index contributed by atoms with van der Waals surface area (Å²) in [7, 11) is 1.59. The fourth-order valence-electron chi connectivity index (χ4n) is 1.97. The van der Waals surface area contributed by atoms with Crippen LogP contribution in [0.5, 0.6) is 0 Å². The normalized spacial score (nSPS) is 10.2. The third-order valence-corrected chi connectivity index (χ3v) is 3.08. The molecular formula is C15H15N3O3. The largest absolute Gasteiger partial charge is 0.478 e. The Hall–Kier alpha value is -2.89. The van der Waals surface area contributed by atoms with Gasteiger partial charge < -0.3 is 15.7 Å². The summed E-state index contributed by atoms with van der Waals surface area (Å²) in [6.45, 7) is 1.80. The zero-order valence-electron chi connectivity index (χ0n) is 11.7. The molecule has 1 aromatic carbocycles. The van der Waals surface area contributed by atoms with E-state index in [1.807, 2.05) is 0 Å². The van der Waals surface area contributed by atoms with Crippen molar-refractivity contribution in [1.82, 2.24) is 4.98 Å². The van der Waals surface area contributed by atoms with Crippen molar-refractivity contribution in [3.63, 3.8) is 0 Å². The highest BCUT2D eigenvalue weighted by Crippen LogP contribution is 2.25. The molecule has 0 saturated heterocycles. The minimum absolute atomic E-state index is 0.0804. The number of amides is 1. The summed E-state index contributed by atoms with van der Waals surface area (Å²) in [5.74, 6) is -1.30. The Kier molecular flexibility index (Phi) is 3.89. The number of hydrogen-bond donors (Lipinski definition) is 2. The van der Waals surface area contributed by atoms with Crippen LogP contribution in [-0.2, 0) is 0 Å². The molecule has 0 aliphatic heterocycles. The van der Waals surface area contributed by atoms with Gasteiger partial charge in [0, 0.05) is 24.5 Å². The summed E-state index contributed by atoms with van der Waals surface area (Å²) < 4.78 is 0. The Labute approximate surface area is 121 Å². The number of anilines is 2. The zero-order chi connectivity index (χ0) is 15.6. The van der Waals surface area contributed by atoms with E-state index in [0.29, 0.717) is 11.3 Å². The number of hydrogen-bond acceptors (Lipinski definition) is 4. The molecule has 2 rings (SSSR count). The standard InChI is InChI=1S/C15H15N3O3/c1-9-7-10(5-6-17-9)14(19)18(2)13-4-3-11(15(20)21)8-12(13)16/h3-8H,16H2,1-2H3,(H,20,21). The molecule has 1 heterocycles. The lowest BCUT2D eigenvalue weighted by atomic mass is 10.1. The number of aromatic nitrogens is 1. The average Bonchev–Trinajstić information content (AvgIpc) is 2.45. The van der Waals surface area contributed by atoms with Crippen LogP contribution in [0.3, 0.4) is 0 Å². The maximum atomic E-state index is 12.4. The number of carbonyl (C=O) groups is 2. The fourth-order valence-corrected chi connectivity index (χ4v) is 1.97. The predicted octanol–water partition coefficient (Wildman–Crippen LogP) is 1.95. The van der Waals surface area contributed by atoms with Crippen molar-refractivity contribution in [3.05, 3.63) is 53.3 Å². The molecule has 0 spiro atoms. The molecular weight excluding hydrogens is 270 g/mol. The van der Waals surface area contributed by atoms with E-state index >= 15 is 0 Å². The Morgan fingerprint density at radius 1 is 1.19 bits per heavy atom. The fraction of sp³-hybridized carbons (Fsp3) is 0.133. The minimum Gasteiger partial charge on any atom is -0.478 e. The maximum absolute atomic E-state index is 12.4. The van der Waals surface area contributed by atoms with Gasteiger partial charge in [0.1, 0.15) is 0 Å².